The predicted molar refractivity (Wildman–Crippen MR) is 77.0 cm³/mol. The zero-order valence-electron chi connectivity index (χ0n) is 12.0. The number of nitrogens with two attached hydrogens (primary N) is 1. The molecule has 2 aliphatic rings. The van der Waals surface area contributed by atoms with E-state index in [1.807, 2.05) is 7.05 Å². The molecule has 2 fully saturated rings. The highest BCUT2D eigenvalue weighted by atomic mass is 16.2. The van der Waals surface area contributed by atoms with Crippen LogP contribution in [0.2, 0.25) is 0 Å². The molecule has 0 saturated heterocycles. The van der Waals surface area contributed by atoms with Crippen LogP contribution in [0, 0.1) is 0 Å². The minimum Gasteiger partial charge on any atom is -0.335 e. The summed E-state index contributed by atoms with van der Waals surface area (Å²) < 4.78 is 0. The topological polar surface area (TPSA) is 79.2 Å². The molecule has 0 aliphatic heterocycles. The van der Waals surface area contributed by atoms with Crippen molar-refractivity contribution in [2.45, 2.75) is 75.5 Å². The SMILES string of the molecule is CN[C@H]1CC[C@H](NC(=O)NC2CCC(N)CC2)CC1. The summed E-state index contributed by atoms with van der Waals surface area (Å²) in [6.07, 6.45) is 8.54. The molecule has 5 N–H and O–H groups in total. The van der Waals surface area contributed by atoms with Crippen LogP contribution < -0.4 is 21.7 Å². The van der Waals surface area contributed by atoms with Crippen molar-refractivity contribution in [2.24, 2.45) is 5.73 Å². The summed E-state index contributed by atoms with van der Waals surface area (Å²) in [5, 5.41) is 9.51. The van der Waals surface area contributed by atoms with E-state index in [2.05, 4.69) is 16.0 Å². The molecule has 0 bridgehead atoms. The van der Waals surface area contributed by atoms with Gasteiger partial charge in [-0.05, 0) is 58.4 Å². The molecule has 2 saturated carbocycles. The van der Waals surface area contributed by atoms with E-state index in [1.165, 1.54) is 0 Å². The fraction of sp³-hybridized carbons (Fsp3) is 0.929. The third-order valence-corrected chi connectivity index (χ3v) is 4.58. The van der Waals surface area contributed by atoms with Gasteiger partial charge in [0.25, 0.3) is 0 Å². The van der Waals surface area contributed by atoms with Crippen LogP contribution in [-0.2, 0) is 0 Å². The van der Waals surface area contributed by atoms with Crippen LogP contribution in [0.1, 0.15) is 51.4 Å². The van der Waals surface area contributed by atoms with Crippen molar-refractivity contribution in [2.75, 3.05) is 7.05 Å². The van der Waals surface area contributed by atoms with Gasteiger partial charge in [-0.3, -0.25) is 0 Å². The van der Waals surface area contributed by atoms with Crippen molar-refractivity contribution >= 4 is 6.03 Å². The lowest BCUT2D eigenvalue weighted by molar-refractivity contribution is 0.221. The van der Waals surface area contributed by atoms with E-state index in [-0.39, 0.29) is 6.03 Å². The normalized spacial score (nSPS) is 35.7. The van der Waals surface area contributed by atoms with Gasteiger partial charge in [-0.1, -0.05) is 0 Å². The second kappa shape index (κ2) is 7.10. The van der Waals surface area contributed by atoms with E-state index in [4.69, 9.17) is 5.73 Å². The Morgan fingerprint density at radius 1 is 0.842 bits per heavy atom. The average Bonchev–Trinajstić information content (AvgIpc) is 2.42. The van der Waals surface area contributed by atoms with Gasteiger partial charge in [-0.2, -0.15) is 0 Å². The van der Waals surface area contributed by atoms with Crippen molar-refractivity contribution in [3.63, 3.8) is 0 Å². The van der Waals surface area contributed by atoms with E-state index in [0.29, 0.717) is 24.2 Å². The Hall–Kier alpha value is -0.810. The van der Waals surface area contributed by atoms with Crippen molar-refractivity contribution in [3.8, 4) is 0 Å². The molecule has 5 nitrogen and oxygen atoms in total. The third-order valence-electron chi connectivity index (χ3n) is 4.58. The molecule has 2 amide bonds. The van der Waals surface area contributed by atoms with Gasteiger partial charge < -0.3 is 21.7 Å². The third kappa shape index (κ3) is 4.66. The maximum Gasteiger partial charge on any atom is 0.315 e. The zero-order chi connectivity index (χ0) is 13.7. The molecule has 19 heavy (non-hydrogen) atoms. The Morgan fingerprint density at radius 3 is 1.74 bits per heavy atom. The van der Waals surface area contributed by atoms with Crippen LogP contribution in [-0.4, -0.2) is 37.2 Å². The fourth-order valence-corrected chi connectivity index (χ4v) is 3.20. The van der Waals surface area contributed by atoms with E-state index in [0.717, 1.165) is 51.4 Å². The van der Waals surface area contributed by atoms with Gasteiger partial charge in [-0.15, -0.1) is 0 Å². The van der Waals surface area contributed by atoms with Crippen LogP contribution in [0.5, 0.6) is 0 Å². The Balaban J connectivity index is 1.64. The number of carbonyl (C=O) groups excluding carboxylic acids is 1. The number of nitrogens with one attached hydrogen (secondary N) is 3. The summed E-state index contributed by atoms with van der Waals surface area (Å²) in [4.78, 5) is 11.9. The molecule has 5 heteroatoms. The Labute approximate surface area is 116 Å². The Bertz CT molecular complexity index is 281. The first-order valence-corrected chi connectivity index (χ1v) is 7.67. The lowest BCUT2D eigenvalue weighted by Crippen LogP contribution is -2.49. The highest BCUT2D eigenvalue weighted by Crippen LogP contribution is 2.19. The van der Waals surface area contributed by atoms with Crippen LogP contribution in [0.4, 0.5) is 4.79 Å². The Morgan fingerprint density at radius 2 is 1.26 bits per heavy atom. The molecule has 110 valence electrons. The van der Waals surface area contributed by atoms with E-state index >= 15 is 0 Å². The van der Waals surface area contributed by atoms with Crippen LogP contribution >= 0.6 is 0 Å². The summed E-state index contributed by atoms with van der Waals surface area (Å²) >= 11 is 0. The molecule has 0 atom stereocenters. The van der Waals surface area contributed by atoms with Gasteiger partial charge in [0.15, 0.2) is 0 Å². The van der Waals surface area contributed by atoms with E-state index in [9.17, 15) is 4.79 Å². The van der Waals surface area contributed by atoms with Crippen molar-refractivity contribution in [1.29, 1.82) is 0 Å². The molecule has 0 radical (unpaired) electrons. The van der Waals surface area contributed by atoms with Gasteiger partial charge in [0.2, 0.25) is 0 Å². The standard InChI is InChI=1S/C14H28N4O/c1-16-11-6-8-13(9-7-11)18-14(19)17-12-4-2-10(15)3-5-12/h10-13,16H,2-9,15H2,1H3,(H2,17,18,19)/t10?,11-,12?,13-. The van der Waals surface area contributed by atoms with E-state index < -0.39 is 0 Å². The predicted octanol–water partition coefficient (Wildman–Crippen LogP) is 1.09. The lowest BCUT2D eigenvalue weighted by Gasteiger charge is -2.31. The maximum absolute atomic E-state index is 11.9. The zero-order valence-corrected chi connectivity index (χ0v) is 12.0. The number of urea groups is 1. The number of carbonyl (C=O) groups is 1. The first-order valence-electron chi connectivity index (χ1n) is 7.67. The largest absolute Gasteiger partial charge is 0.335 e. The molecular formula is C14H28N4O. The molecule has 0 unspecified atom stereocenters. The molecular weight excluding hydrogens is 240 g/mol. The maximum atomic E-state index is 11.9. The van der Waals surface area contributed by atoms with Crippen molar-refractivity contribution in [1.82, 2.24) is 16.0 Å². The smallest absolute Gasteiger partial charge is 0.315 e. The second-order valence-electron chi connectivity index (χ2n) is 6.07. The number of hydrogen-bond acceptors (Lipinski definition) is 3. The number of rotatable bonds is 3. The molecule has 0 spiro atoms. The van der Waals surface area contributed by atoms with Gasteiger partial charge in [0.1, 0.15) is 0 Å². The molecule has 0 aromatic rings. The minimum absolute atomic E-state index is 0.00776. The molecule has 0 aromatic heterocycles. The van der Waals surface area contributed by atoms with E-state index in [1.54, 1.807) is 0 Å². The molecule has 2 rings (SSSR count). The number of hydrogen-bond donors (Lipinski definition) is 4. The summed E-state index contributed by atoms with van der Waals surface area (Å²) in [5.74, 6) is 0. The Kier molecular flexibility index (Phi) is 5.45. The number of amides is 2. The first kappa shape index (κ1) is 14.6. The van der Waals surface area contributed by atoms with Crippen LogP contribution in [0.15, 0.2) is 0 Å². The van der Waals surface area contributed by atoms with Gasteiger partial charge in [-0.25, -0.2) is 4.79 Å². The monoisotopic (exact) mass is 268 g/mol. The van der Waals surface area contributed by atoms with Gasteiger partial charge in [0.05, 0.1) is 0 Å². The van der Waals surface area contributed by atoms with Gasteiger partial charge >= 0.3 is 6.03 Å². The summed E-state index contributed by atoms with van der Waals surface area (Å²) in [5.41, 5.74) is 5.87. The van der Waals surface area contributed by atoms with Crippen LogP contribution in [0.25, 0.3) is 0 Å². The highest BCUT2D eigenvalue weighted by molar-refractivity contribution is 5.74. The quantitative estimate of drug-likeness (QED) is 0.618. The second-order valence-corrected chi connectivity index (χ2v) is 6.07. The minimum atomic E-state index is 0.00776. The average molecular weight is 268 g/mol. The van der Waals surface area contributed by atoms with Crippen LogP contribution in [0.3, 0.4) is 0 Å². The molecule has 0 aromatic carbocycles. The lowest BCUT2D eigenvalue weighted by atomic mass is 9.91. The summed E-state index contributed by atoms with van der Waals surface area (Å²) in [7, 11) is 2.01. The molecule has 0 heterocycles. The molecule has 2 aliphatic carbocycles. The highest BCUT2D eigenvalue weighted by Gasteiger charge is 2.23. The first-order chi connectivity index (χ1) is 9.17. The summed E-state index contributed by atoms with van der Waals surface area (Å²) in [6.45, 7) is 0. The van der Waals surface area contributed by atoms with Crippen molar-refractivity contribution < 1.29 is 4.79 Å². The summed E-state index contributed by atoms with van der Waals surface area (Å²) in [6, 6.07) is 1.62. The fourth-order valence-electron chi connectivity index (χ4n) is 3.20. The van der Waals surface area contributed by atoms with Crippen molar-refractivity contribution in [3.05, 3.63) is 0 Å². The van der Waals surface area contributed by atoms with Gasteiger partial charge in [0, 0.05) is 24.2 Å².